The van der Waals surface area contributed by atoms with Crippen LogP contribution in [0.5, 0.6) is 0 Å². The number of aromatic nitrogens is 2. The lowest BCUT2D eigenvalue weighted by atomic mass is 10.1. The van der Waals surface area contributed by atoms with Crippen LogP contribution in [0.1, 0.15) is 11.3 Å². The Morgan fingerprint density at radius 1 is 1.00 bits per heavy atom. The molecule has 0 aliphatic heterocycles. The number of aromatic amines is 1. The van der Waals surface area contributed by atoms with Gasteiger partial charge in [0.2, 0.25) is 0 Å². The minimum Gasteiger partial charge on any atom is -0.480 e. The van der Waals surface area contributed by atoms with E-state index in [2.05, 4.69) is 20.6 Å². The Hall–Kier alpha value is -2.71. The predicted octanol–water partition coefficient (Wildman–Crippen LogP) is 0.281. The second-order valence-corrected chi connectivity index (χ2v) is 5.66. The van der Waals surface area contributed by atoms with Crippen LogP contribution in [0.2, 0.25) is 0 Å². The molecule has 0 bridgehead atoms. The fraction of sp³-hybridized carbons (Fsp3) is 0.353. The summed E-state index contributed by atoms with van der Waals surface area (Å²) in [4.78, 5) is 29.4. The second-order valence-electron chi connectivity index (χ2n) is 5.66. The second kappa shape index (κ2) is 9.55. The number of aliphatic carboxylic acids is 2. The average Bonchev–Trinajstić information content (AvgIpc) is 3.10. The minimum atomic E-state index is -0.964. The number of carboxylic acid groups (broad SMARTS) is 2. The lowest BCUT2D eigenvalue weighted by Gasteiger charge is -2.17. The smallest absolute Gasteiger partial charge is 0.321 e. The lowest BCUT2D eigenvalue weighted by Crippen LogP contribution is -2.45. The summed E-state index contributed by atoms with van der Waals surface area (Å²) in [5, 5.41) is 24.4. The van der Waals surface area contributed by atoms with Gasteiger partial charge in [0.05, 0.1) is 6.33 Å². The zero-order chi connectivity index (χ0) is 18.1. The minimum absolute atomic E-state index is 0.279. The average molecular weight is 346 g/mol. The van der Waals surface area contributed by atoms with Gasteiger partial charge in [-0.1, -0.05) is 30.3 Å². The lowest BCUT2D eigenvalue weighted by molar-refractivity contribution is -0.140. The summed E-state index contributed by atoms with van der Waals surface area (Å²) >= 11 is 0. The van der Waals surface area contributed by atoms with E-state index in [0.29, 0.717) is 19.5 Å². The van der Waals surface area contributed by atoms with Crippen LogP contribution in [0, 0.1) is 0 Å². The van der Waals surface area contributed by atoms with Crippen molar-refractivity contribution in [3.8, 4) is 0 Å². The van der Waals surface area contributed by atoms with Crippen LogP contribution in [0.3, 0.4) is 0 Å². The summed E-state index contributed by atoms with van der Waals surface area (Å²) in [5.41, 5.74) is 1.65. The number of imidazole rings is 1. The van der Waals surface area contributed by atoms with Crippen molar-refractivity contribution < 1.29 is 19.8 Å². The fourth-order valence-electron chi connectivity index (χ4n) is 2.45. The Kier molecular flexibility index (Phi) is 7.12. The van der Waals surface area contributed by atoms with E-state index in [-0.39, 0.29) is 6.42 Å². The first kappa shape index (κ1) is 18.6. The Balaban J connectivity index is 1.78. The van der Waals surface area contributed by atoms with Gasteiger partial charge >= 0.3 is 11.9 Å². The topological polar surface area (TPSA) is 127 Å². The van der Waals surface area contributed by atoms with E-state index < -0.39 is 24.0 Å². The molecule has 8 heteroatoms. The highest BCUT2D eigenvalue weighted by Crippen LogP contribution is 2.03. The molecule has 25 heavy (non-hydrogen) atoms. The van der Waals surface area contributed by atoms with Gasteiger partial charge in [0.25, 0.3) is 0 Å². The van der Waals surface area contributed by atoms with Crippen molar-refractivity contribution in [1.29, 1.82) is 0 Å². The molecule has 0 amide bonds. The van der Waals surface area contributed by atoms with Gasteiger partial charge in [-0.15, -0.1) is 0 Å². The first-order chi connectivity index (χ1) is 12.1. The van der Waals surface area contributed by atoms with E-state index in [1.54, 1.807) is 6.20 Å². The molecule has 0 saturated heterocycles. The normalized spacial score (nSPS) is 13.3. The number of carboxylic acids is 2. The number of carbonyl (C=O) groups is 2. The standard InChI is InChI=1S/C17H22N4O4/c22-16(23)14(8-12-4-2-1-3-5-12)19-6-7-20-15(17(24)25)9-13-10-18-11-21-13/h1-5,10-11,14-15,19-20H,6-9H2,(H,18,21)(H,22,23)(H,24,25)/t14-,15-/m0/s1. The molecule has 0 aliphatic carbocycles. The number of hydrogen-bond donors (Lipinski definition) is 5. The zero-order valence-electron chi connectivity index (χ0n) is 13.7. The molecular formula is C17H22N4O4. The predicted molar refractivity (Wildman–Crippen MR) is 91.3 cm³/mol. The number of hydrogen-bond acceptors (Lipinski definition) is 5. The van der Waals surface area contributed by atoms with Crippen LogP contribution in [-0.4, -0.2) is 57.3 Å². The van der Waals surface area contributed by atoms with Crippen LogP contribution >= 0.6 is 0 Å². The summed E-state index contributed by atoms with van der Waals surface area (Å²) in [6.07, 6.45) is 3.72. The first-order valence-electron chi connectivity index (χ1n) is 8.00. The molecule has 0 spiro atoms. The zero-order valence-corrected chi connectivity index (χ0v) is 13.7. The third-order valence-corrected chi connectivity index (χ3v) is 3.76. The Bertz CT molecular complexity index is 661. The van der Waals surface area contributed by atoms with Crippen molar-refractivity contribution in [3.05, 3.63) is 54.1 Å². The van der Waals surface area contributed by atoms with E-state index in [4.69, 9.17) is 0 Å². The van der Waals surface area contributed by atoms with Gasteiger partial charge in [0.15, 0.2) is 0 Å². The van der Waals surface area contributed by atoms with Crippen LogP contribution < -0.4 is 10.6 Å². The summed E-state index contributed by atoms with van der Waals surface area (Å²) < 4.78 is 0. The number of nitrogens with one attached hydrogen (secondary N) is 3. The maximum atomic E-state index is 11.4. The van der Waals surface area contributed by atoms with Gasteiger partial charge in [-0.3, -0.25) is 9.59 Å². The molecule has 134 valence electrons. The summed E-state index contributed by atoms with van der Waals surface area (Å²) in [5.74, 6) is -1.90. The highest BCUT2D eigenvalue weighted by molar-refractivity contribution is 5.74. The molecule has 2 rings (SSSR count). The van der Waals surface area contributed by atoms with Gasteiger partial charge in [-0.05, 0) is 12.0 Å². The number of benzene rings is 1. The van der Waals surface area contributed by atoms with E-state index in [9.17, 15) is 19.8 Å². The van der Waals surface area contributed by atoms with Crippen LogP contribution in [0.4, 0.5) is 0 Å². The van der Waals surface area contributed by atoms with Crippen molar-refractivity contribution in [1.82, 2.24) is 20.6 Å². The molecular weight excluding hydrogens is 324 g/mol. The largest absolute Gasteiger partial charge is 0.480 e. The van der Waals surface area contributed by atoms with E-state index in [1.807, 2.05) is 30.3 Å². The molecule has 5 N–H and O–H groups in total. The third-order valence-electron chi connectivity index (χ3n) is 3.76. The molecule has 0 radical (unpaired) electrons. The van der Waals surface area contributed by atoms with Crippen LogP contribution in [-0.2, 0) is 22.4 Å². The molecule has 1 aromatic heterocycles. The number of nitrogens with zero attached hydrogens (tertiary/aromatic N) is 1. The van der Waals surface area contributed by atoms with E-state index in [1.165, 1.54) is 6.33 Å². The van der Waals surface area contributed by atoms with E-state index in [0.717, 1.165) is 11.3 Å². The summed E-state index contributed by atoms with van der Waals surface area (Å²) in [7, 11) is 0. The van der Waals surface area contributed by atoms with Gasteiger partial charge in [-0.2, -0.15) is 0 Å². The van der Waals surface area contributed by atoms with Gasteiger partial charge in [0, 0.05) is 31.4 Å². The van der Waals surface area contributed by atoms with Crippen molar-refractivity contribution in [2.24, 2.45) is 0 Å². The highest BCUT2D eigenvalue weighted by Gasteiger charge is 2.19. The van der Waals surface area contributed by atoms with Gasteiger partial charge in [0.1, 0.15) is 12.1 Å². The Morgan fingerprint density at radius 3 is 2.12 bits per heavy atom. The maximum absolute atomic E-state index is 11.4. The molecule has 8 nitrogen and oxygen atoms in total. The van der Waals surface area contributed by atoms with E-state index >= 15 is 0 Å². The third kappa shape index (κ3) is 6.36. The molecule has 1 heterocycles. The summed E-state index contributed by atoms with van der Waals surface area (Å²) in [6, 6.07) is 7.87. The number of rotatable bonds is 11. The highest BCUT2D eigenvalue weighted by atomic mass is 16.4. The molecule has 0 unspecified atom stereocenters. The monoisotopic (exact) mass is 346 g/mol. The maximum Gasteiger partial charge on any atom is 0.321 e. The molecule has 0 fully saturated rings. The SMILES string of the molecule is O=C(O)[C@H](Cc1ccccc1)NCCN[C@@H](Cc1cnc[nH]1)C(=O)O. The van der Waals surface area contributed by atoms with Crippen LogP contribution in [0.15, 0.2) is 42.9 Å². The van der Waals surface area contributed by atoms with Crippen molar-refractivity contribution in [2.75, 3.05) is 13.1 Å². The molecule has 2 aromatic rings. The molecule has 1 aromatic carbocycles. The number of H-pyrrole nitrogens is 1. The van der Waals surface area contributed by atoms with Crippen molar-refractivity contribution in [2.45, 2.75) is 24.9 Å². The quantitative estimate of drug-likeness (QED) is 0.370. The Morgan fingerprint density at radius 2 is 1.60 bits per heavy atom. The summed E-state index contributed by atoms with van der Waals surface area (Å²) in [6.45, 7) is 0.681. The first-order valence-corrected chi connectivity index (χ1v) is 8.00. The molecule has 2 atom stereocenters. The van der Waals surface area contributed by atoms with Crippen molar-refractivity contribution >= 4 is 11.9 Å². The van der Waals surface area contributed by atoms with Crippen molar-refractivity contribution in [3.63, 3.8) is 0 Å². The fourth-order valence-corrected chi connectivity index (χ4v) is 2.45. The molecule has 0 saturated carbocycles. The van der Waals surface area contributed by atoms with Gasteiger partial charge < -0.3 is 25.8 Å². The Labute approximate surface area is 145 Å². The molecule has 0 aliphatic rings. The van der Waals surface area contributed by atoms with Gasteiger partial charge in [-0.25, -0.2) is 4.98 Å². The van der Waals surface area contributed by atoms with Crippen LogP contribution in [0.25, 0.3) is 0 Å².